The van der Waals surface area contributed by atoms with Crippen LogP contribution in [0.5, 0.6) is 5.75 Å². The Morgan fingerprint density at radius 3 is 2.67 bits per heavy atom. The molecule has 0 unspecified atom stereocenters. The number of hydrogen-bond donors (Lipinski definition) is 2. The summed E-state index contributed by atoms with van der Waals surface area (Å²) in [6.07, 6.45) is 7.82. The van der Waals surface area contributed by atoms with Crippen molar-refractivity contribution in [2.45, 2.75) is 50.7 Å². The van der Waals surface area contributed by atoms with Gasteiger partial charge < -0.3 is 15.4 Å². The van der Waals surface area contributed by atoms with Crippen molar-refractivity contribution in [2.24, 2.45) is 0 Å². The lowest BCUT2D eigenvalue weighted by atomic mass is 10.1. The van der Waals surface area contributed by atoms with Gasteiger partial charge in [0.05, 0.1) is 17.5 Å². The number of hydrogen-bond acceptors (Lipinski definition) is 6. The Kier molecular flexibility index (Phi) is 5.62. The number of nitrogens with zero attached hydrogens (tertiary/aromatic N) is 4. The summed E-state index contributed by atoms with van der Waals surface area (Å²) in [6, 6.07) is 7.59. The summed E-state index contributed by atoms with van der Waals surface area (Å²) in [5.74, 6) is 0.917. The van der Waals surface area contributed by atoms with E-state index in [0.717, 1.165) is 37.0 Å². The van der Waals surface area contributed by atoms with Gasteiger partial charge in [0.25, 0.3) is 5.56 Å². The van der Waals surface area contributed by atoms with Gasteiger partial charge in [-0.15, -0.1) is 0 Å². The first-order valence-corrected chi connectivity index (χ1v) is 11.5. The molecule has 33 heavy (non-hydrogen) atoms. The Labute approximate surface area is 191 Å². The molecule has 2 fully saturated rings. The summed E-state index contributed by atoms with van der Waals surface area (Å²) < 4.78 is 7.79. The molecule has 5 rings (SSSR count). The zero-order chi connectivity index (χ0) is 22.9. The minimum absolute atomic E-state index is 0.121. The third-order valence-electron chi connectivity index (χ3n) is 6.62. The Morgan fingerprint density at radius 2 is 1.94 bits per heavy atom. The lowest BCUT2D eigenvalue weighted by Gasteiger charge is -2.32. The fraction of sp³-hybridized carbons (Fsp3) is 0.417. The lowest BCUT2D eigenvalue weighted by molar-refractivity contribution is -0.127. The largest absolute Gasteiger partial charge is 0.490 e. The Bertz CT molecular complexity index is 1240. The number of nitrogens with one attached hydrogen (secondary N) is 1. The molecule has 1 saturated heterocycles. The van der Waals surface area contributed by atoms with Crippen molar-refractivity contribution in [2.75, 3.05) is 18.8 Å². The molecule has 3 heterocycles. The highest BCUT2D eigenvalue weighted by Gasteiger charge is 2.28. The Hall–Kier alpha value is -3.62. The van der Waals surface area contributed by atoms with Crippen LogP contribution in [0.25, 0.3) is 22.2 Å². The standard InChI is InChI=1S/C24H28N6O3/c1-2-19(31)29-13-5-6-16(14-29)30-22-20(23(25)26-27-24(22)32)21(28-30)15-9-11-18(12-10-15)33-17-7-3-4-8-17/h2,9-12,16-17H,1,3-8,13-14H2,(H2,25,26)(H,27,32)/t16-/m1/s1. The first-order chi connectivity index (χ1) is 16.0. The van der Waals surface area contributed by atoms with Gasteiger partial charge in [0.1, 0.15) is 17.0 Å². The average Bonchev–Trinajstić information content (AvgIpc) is 3.50. The molecule has 9 heteroatoms. The summed E-state index contributed by atoms with van der Waals surface area (Å²) in [7, 11) is 0. The number of carbonyl (C=O) groups is 1. The number of aromatic nitrogens is 4. The number of H-pyrrole nitrogens is 1. The maximum atomic E-state index is 12.8. The van der Waals surface area contributed by atoms with E-state index in [-0.39, 0.29) is 29.4 Å². The van der Waals surface area contributed by atoms with Gasteiger partial charge in [-0.2, -0.15) is 10.2 Å². The van der Waals surface area contributed by atoms with Gasteiger partial charge in [-0.05, 0) is 68.9 Å². The van der Waals surface area contributed by atoms with Gasteiger partial charge in [0.2, 0.25) is 5.91 Å². The quantitative estimate of drug-likeness (QED) is 0.579. The molecule has 0 spiro atoms. The summed E-state index contributed by atoms with van der Waals surface area (Å²) >= 11 is 0. The number of piperidine rings is 1. The zero-order valence-electron chi connectivity index (χ0n) is 18.5. The van der Waals surface area contributed by atoms with Crippen molar-refractivity contribution >= 4 is 22.6 Å². The van der Waals surface area contributed by atoms with Crippen molar-refractivity contribution < 1.29 is 9.53 Å². The van der Waals surface area contributed by atoms with Gasteiger partial charge >= 0.3 is 0 Å². The first-order valence-electron chi connectivity index (χ1n) is 11.5. The minimum Gasteiger partial charge on any atom is -0.490 e. The maximum Gasteiger partial charge on any atom is 0.290 e. The molecular formula is C24H28N6O3. The highest BCUT2D eigenvalue weighted by atomic mass is 16.5. The van der Waals surface area contributed by atoms with Crippen LogP contribution in [0.1, 0.15) is 44.6 Å². The van der Waals surface area contributed by atoms with E-state index < -0.39 is 0 Å². The van der Waals surface area contributed by atoms with Crippen molar-refractivity contribution in [1.82, 2.24) is 24.9 Å². The fourth-order valence-corrected chi connectivity index (χ4v) is 4.95. The van der Waals surface area contributed by atoms with E-state index in [9.17, 15) is 9.59 Å². The molecule has 1 amide bonds. The SMILES string of the molecule is C=CC(=O)N1CCC[C@@H](n2nc(-c3ccc(OC4CCCC4)cc3)c3c(N)n[nH]c(=O)c32)C1. The van der Waals surface area contributed by atoms with Crippen LogP contribution in [-0.2, 0) is 4.79 Å². The molecule has 1 aliphatic carbocycles. The van der Waals surface area contributed by atoms with E-state index in [1.54, 1.807) is 9.58 Å². The molecular weight excluding hydrogens is 420 g/mol. The number of rotatable bonds is 5. The first kappa shape index (κ1) is 21.2. The predicted octanol–water partition coefficient (Wildman–Crippen LogP) is 3.04. The average molecular weight is 449 g/mol. The summed E-state index contributed by atoms with van der Waals surface area (Å²) in [5.41, 5.74) is 7.65. The van der Waals surface area contributed by atoms with E-state index in [1.165, 1.54) is 18.9 Å². The van der Waals surface area contributed by atoms with Crippen LogP contribution in [0.4, 0.5) is 5.82 Å². The molecule has 0 radical (unpaired) electrons. The van der Waals surface area contributed by atoms with Crippen molar-refractivity contribution in [3.8, 4) is 17.0 Å². The number of aromatic amines is 1. The van der Waals surface area contributed by atoms with Gasteiger partial charge in [0, 0.05) is 18.7 Å². The van der Waals surface area contributed by atoms with Crippen LogP contribution in [0.2, 0.25) is 0 Å². The van der Waals surface area contributed by atoms with Crippen LogP contribution in [0.15, 0.2) is 41.7 Å². The lowest BCUT2D eigenvalue weighted by Crippen LogP contribution is -2.40. The maximum absolute atomic E-state index is 12.8. The highest BCUT2D eigenvalue weighted by Crippen LogP contribution is 2.34. The summed E-state index contributed by atoms with van der Waals surface area (Å²) in [5, 5.41) is 11.8. The zero-order valence-corrected chi connectivity index (χ0v) is 18.5. The number of nitrogens with two attached hydrogens (primary N) is 1. The molecule has 3 aromatic rings. The molecule has 172 valence electrons. The van der Waals surface area contributed by atoms with E-state index in [4.69, 9.17) is 15.6 Å². The number of amides is 1. The molecule has 1 aliphatic heterocycles. The number of ether oxygens (including phenoxy) is 1. The van der Waals surface area contributed by atoms with Crippen LogP contribution in [0.3, 0.4) is 0 Å². The smallest absolute Gasteiger partial charge is 0.290 e. The predicted molar refractivity (Wildman–Crippen MR) is 126 cm³/mol. The highest BCUT2D eigenvalue weighted by molar-refractivity contribution is 5.99. The minimum atomic E-state index is -0.355. The summed E-state index contributed by atoms with van der Waals surface area (Å²) in [4.78, 5) is 26.7. The van der Waals surface area contributed by atoms with E-state index in [2.05, 4.69) is 16.8 Å². The molecule has 1 aromatic carbocycles. The van der Waals surface area contributed by atoms with Crippen molar-refractivity contribution in [3.05, 3.63) is 47.3 Å². The van der Waals surface area contributed by atoms with Crippen LogP contribution in [0, 0.1) is 0 Å². The van der Waals surface area contributed by atoms with E-state index in [1.807, 2.05) is 24.3 Å². The summed E-state index contributed by atoms with van der Waals surface area (Å²) in [6.45, 7) is 4.71. The second kappa shape index (κ2) is 8.73. The number of likely N-dealkylation sites (tertiary alicyclic amines) is 1. The second-order valence-electron chi connectivity index (χ2n) is 8.79. The van der Waals surface area contributed by atoms with Crippen LogP contribution in [-0.4, -0.2) is 50.0 Å². The van der Waals surface area contributed by atoms with Crippen molar-refractivity contribution in [3.63, 3.8) is 0 Å². The fourth-order valence-electron chi connectivity index (χ4n) is 4.95. The number of fused-ring (bicyclic) bond motifs is 1. The molecule has 1 atom stereocenters. The van der Waals surface area contributed by atoms with Gasteiger partial charge in [-0.3, -0.25) is 14.3 Å². The van der Waals surface area contributed by atoms with Crippen LogP contribution >= 0.6 is 0 Å². The number of carbonyl (C=O) groups excluding carboxylic acids is 1. The normalized spacial score (nSPS) is 19.2. The van der Waals surface area contributed by atoms with Gasteiger partial charge in [0.15, 0.2) is 5.82 Å². The molecule has 2 aromatic heterocycles. The molecule has 3 N–H and O–H groups in total. The molecule has 1 saturated carbocycles. The molecule has 0 bridgehead atoms. The van der Waals surface area contributed by atoms with Gasteiger partial charge in [-0.1, -0.05) is 6.58 Å². The molecule has 9 nitrogen and oxygen atoms in total. The van der Waals surface area contributed by atoms with E-state index >= 15 is 0 Å². The number of anilines is 1. The number of benzene rings is 1. The second-order valence-corrected chi connectivity index (χ2v) is 8.79. The third kappa shape index (κ3) is 3.99. The van der Waals surface area contributed by atoms with Gasteiger partial charge in [-0.25, -0.2) is 5.10 Å². The topological polar surface area (TPSA) is 119 Å². The monoisotopic (exact) mass is 448 g/mol. The number of nitrogen functional groups attached to an aromatic ring is 1. The Morgan fingerprint density at radius 1 is 1.18 bits per heavy atom. The van der Waals surface area contributed by atoms with Crippen LogP contribution < -0.4 is 16.0 Å². The third-order valence-corrected chi connectivity index (χ3v) is 6.62. The Balaban J connectivity index is 1.53. The van der Waals surface area contributed by atoms with Crippen molar-refractivity contribution in [1.29, 1.82) is 0 Å². The molecule has 2 aliphatic rings. The van der Waals surface area contributed by atoms with E-state index in [0.29, 0.717) is 29.7 Å².